The fourth-order valence-electron chi connectivity index (χ4n) is 1.07. The van der Waals surface area contributed by atoms with Gasteiger partial charge in [-0.3, -0.25) is 4.79 Å². The quantitative estimate of drug-likeness (QED) is 0.535. The third kappa shape index (κ3) is 3.73. The van der Waals surface area contributed by atoms with Gasteiger partial charge in [-0.25, -0.2) is 0 Å². The van der Waals surface area contributed by atoms with Crippen LogP contribution in [0, 0.1) is 0 Å². The average molecular weight is 332 g/mol. The predicted molar refractivity (Wildman–Crippen MR) is 57.2 cm³/mol. The molecule has 1 fully saturated rings. The van der Waals surface area contributed by atoms with Crippen molar-refractivity contribution in [1.82, 2.24) is 5.32 Å². The number of halogens is 2. The molecule has 0 radical (unpaired) electrons. The normalized spacial score (nSPS) is 33.8. The maximum atomic E-state index is 11.0. The Bertz CT molecular complexity index is 161. The highest BCUT2D eigenvalue weighted by Crippen LogP contribution is 2.33. The molecule has 1 unspecified atom stereocenters. The number of hydrogen-bond donors (Lipinski definition) is 1. The maximum absolute atomic E-state index is 11.0. The molecule has 1 rings (SSSR count). The molecule has 0 aromatic rings. The SMILES string of the molecule is O=C1CCCCC(Br)(I)CN1. The van der Waals surface area contributed by atoms with Gasteiger partial charge in [0, 0.05) is 13.0 Å². The van der Waals surface area contributed by atoms with Gasteiger partial charge in [0.05, 0.1) is 2.33 Å². The zero-order chi connectivity index (χ0) is 8.32. The third-order valence-electron chi connectivity index (χ3n) is 1.74. The Kier molecular flexibility index (Phi) is 3.61. The van der Waals surface area contributed by atoms with Gasteiger partial charge in [-0.05, 0) is 12.8 Å². The summed E-state index contributed by atoms with van der Waals surface area (Å²) < 4.78 is 0.0842. The van der Waals surface area contributed by atoms with Crippen molar-refractivity contribution in [3.05, 3.63) is 0 Å². The van der Waals surface area contributed by atoms with Crippen LogP contribution < -0.4 is 5.32 Å². The van der Waals surface area contributed by atoms with Crippen molar-refractivity contribution < 1.29 is 4.79 Å². The van der Waals surface area contributed by atoms with Crippen molar-refractivity contribution in [3.63, 3.8) is 0 Å². The van der Waals surface area contributed by atoms with Gasteiger partial charge in [0.2, 0.25) is 5.91 Å². The van der Waals surface area contributed by atoms with Crippen LogP contribution in [0.4, 0.5) is 0 Å². The van der Waals surface area contributed by atoms with Crippen LogP contribution in [-0.4, -0.2) is 14.8 Å². The Morgan fingerprint density at radius 3 is 3.00 bits per heavy atom. The molecule has 11 heavy (non-hydrogen) atoms. The number of amides is 1. The predicted octanol–water partition coefficient (Wildman–Crippen LogP) is 2.20. The lowest BCUT2D eigenvalue weighted by molar-refractivity contribution is -0.121. The molecule has 0 saturated carbocycles. The minimum Gasteiger partial charge on any atom is -0.354 e. The van der Waals surface area contributed by atoms with Crippen LogP contribution in [-0.2, 0) is 4.79 Å². The van der Waals surface area contributed by atoms with Crippen LogP contribution in [0.3, 0.4) is 0 Å². The topological polar surface area (TPSA) is 29.1 Å². The highest BCUT2D eigenvalue weighted by atomic mass is 127. The molecule has 1 heterocycles. The van der Waals surface area contributed by atoms with E-state index in [9.17, 15) is 4.79 Å². The van der Waals surface area contributed by atoms with E-state index in [-0.39, 0.29) is 8.24 Å². The molecule has 1 atom stereocenters. The van der Waals surface area contributed by atoms with Crippen molar-refractivity contribution in [2.24, 2.45) is 0 Å². The lowest BCUT2D eigenvalue weighted by atomic mass is 10.1. The summed E-state index contributed by atoms with van der Waals surface area (Å²) in [6.45, 7) is 0.742. The van der Waals surface area contributed by atoms with Crippen LogP contribution in [0.25, 0.3) is 0 Å². The van der Waals surface area contributed by atoms with E-state index < -0.39 is 0 Å². The molecular weight excluding hydrogens is 321 g/mol. The first-order chi connectivity index (χ1) is 5.10. The Hall–Kier alpha value is 0.680. The summed E-state index contributed by atoms with van der Waals surface area (Å²) in [5.74, 6) is 0.185. The Morgan fingerprint density at radius 2 is 2.27 bits per heavy atom. The van der Waals surface area contributed by atoms with E-state index in [1.807, 2.05) is 0 Å². The van der Waals surface area contributed by atoms with E-state index in [4.69, 9.17) is 0 Å². The third-order valence-corrected chi connectivity index (χ3v) is 3.34. The van der Waals surface area contributed by atoms with Gasteiger partial charge in [-0.1, -0.05) is 44.9 Å². The second-order valence-corrected chi connectivity index (χ2v) is 7.91. The number of alkyl halides is 2. The standard InChI is InChI=1S/C7H11BrINO/c8-7(9)4-2-1-3-6(11)10-5-7/h1-5H2,(H,10,11). The van der Waals surface area contributed by atoms with E-state index in [1.54, 1.807) is 0 Å². The van der Waals surface area contributed by atoms with Gasteiger partial charge in [0.25, 0.3) is 0 Å². The van der Waals surface area contributed by atoms with Gasteiger partial charge < -0.3 is 5.32 Å². The Morgan fingerprint density at radius 1 is 1.55 bits per heavy atom. The molecule has 2 nitrogen and oxygen atoms in total. The second-order valence-electron chi connectivity index (χ2n) is 2.84. The molecule has 0 aliphatic carbocycles. The van der Waals surface area contributed by atoms with Gasteiger partial charge in [-0.2, -0.15) is 0 Å². The smallest absolute Gasteiger partial charge is 0.220 e. The summed E-state index contributed by atoms with van der Waals surface area (Å²) in [6, 6.07) is 0. The molecule has 4 heteroatoms. The fraction of sp³-hybridized carbons (Fsp3) is 0.857. The summed E-state index contributed by atoms with van der Waals surface area (Å²) in [5.41, 5.74) is 0. The highest BCUT2D eigenvalue weighted by molar-refractivity contribution is 14.1. The summed E-state index contributed by atoms with van der Waals surface area (Å²) in [4.78, 5) is 11.0. The van der Waals surface area contributed by atoms with Crippen LogP contribution in [0.1, 0.15) is 25.7 Å². The van der Waals surface area contributed by atoms with Gasteiger partial charge in [-0.15, -0.1) is 0 Å². The second kappa shape index (κ2) is 4.07. The summed E-state index contributed by atoms with van der Waals surface area (Å²) >= 11 is 5.92. The van der Waals surface area contributed by atoms with E-state index >= 15 is 0 Å². The fourth-order valence-corrected chi connectivity index (χ4v) is 2.07. The molecule has 0 aromatic carbocycles. The summed E-state index contributed by atoms with van der Waals surface area (Å²) in [6.07, 6.45) is 3.98. The van der Waals surface area contributed by atoms with Crippen molar-refractivity contribution in [1.29, 1.82) is 0 Å². The minimum absolute atomic E-state index is 0.0842. The monoisotopic (exact) mass is 331 g/mol. The first kappa shape index (κ1) is 9.77. The molecule has 0 spiro atoms. The number of carbonyl (C=O) groups excluding carboxylic acids is 1. The van der Waals surface area contributed by atoms with Gasteiger partial charge in [0.1, 0.15) is 0 Å². The first-order valence-electron chi connectivity index (χ1n) is 3.75. The zero-order valence-electron chi connectivity index (χ0n) is 6.20. The Labute approximate surface area is 88.8 Å². The molecule has 64 valence electrons. The largest absolute Gasteiger partial charge is 0.354 e. The summed E-state index contributed by atoms with van der Waals surface area (Å²) in [5, 5.41) is 2.88. The van der Waals surface area contributed by atoms with E-state index in [2.05, 4.69) is 43.8 Å². The number of nitrogens with one attached hydrogen (secondary N) is 1. The Balaban J connectivity index is 2.44. The van der Waals surface area contributed by atoms with Crippen molar-refractivity contribution in [2.45, 2.75) is 28.0 Å². The lowest BCUT2D eigenvalue weighted by Crippen LogP contribution is -2.35. The molecule has 1 amide bonds. The zero-order valence-corrected chi connectivity index (χ0v) is 9.94. The number of hydrogen-bond acceptors (Lipinski definition) is 1. The molecule has 0 aromatic heterocycles. The van der Waals surface area contributed by atoms with Crippen LogP contribution >= 0.6 is 38.5 Å². The molecule has 0 bridgehead atoms. The van der Waals surface area contributed by atoms with Crippen LogP contribution in [0.15, 0.2) is 0 Å². The van der Waals surface area contributed by atoms with E-state index in [0.717, 1.165) is 25.8 Å². The van der Waals surface area contributed by atoms with Crippen LogP contribution in [0.5, 0.6) is 0 Å². The lowest BCUT2D eigenvalue weighted by Gasteiger charge is -2.23. The summed E-state index contributed by atoms with van der Waals surface area (Å²) in [7, 11) is 0. The number of rotatable bonds is 0. The van der Waals surface area contributed by atoms with E-state index in [1.165, 1.54) is 0 Å². The number of carbonyl (C=O) groups is 1. The van der Waals surface area contributed by atoms with Crippen molar-refractivity contribution in [2.75, 3.05) is 6.54 Å². The van der Waals surface area contributed by atoms with Gasteiger partial charge >= 0.3 is 0 Å². The van der Waals surface area contributed by atoms with Gasteiger partial charge in [0.15, 0.2) is 0 Å². The average Bonchev–Trinajstić information content (AvgIpc) is 1.92. The maximum Gasteiger partial charge on any atom is 0.220 e. The molecule has 1 aliphatic rings. The first-order valence-corrected chi connectivity index (χ1v) is 5.62. The molecule has 1 aliphatic heterocycles. The molecule has 1 N–H and O–H groups in total. The van der Waals surface area contributed by atoms with E-state index in [0.29, 0.717) is 6.42 Å². The van der Waals surface area contributed by atoms with Crippen molar-refractivity contribution >= 4 is 44.4 Å². The van der Waals surface area contributed by atoms with Crippen molar-refractivity contribution in [3.8, 4) is 0 Å². The molecular formula is C7H11BrINO. The minimum atomic E-state index is 0.0842. The van der Waals surface area contributed by atoms with Crippen LogP contribution in [0.2, 0.25) is 0 Å². The highest BCUT2D eigenvalue weighted by Gasteiger charge is 2.24. The molecule has 1 saturated heterocycles.